The van der Waals surface area contributed by atoms with Crippen LogP contribution in [0.25, 0.3) is 27.7 Å². The van der Waals surface area contributed by atoms with Gasteiger partial charge in [-0.05, 0) is 31.2 Å². The second kappa shape index (κ2) is 8.31. The van der Waals surface area contributed by atoms with Crippen molar-refractivity contribution in [3.05, 3.63) is 61.2 Å². The molecule has 6 rings (SSSR count). The van der Waals surface area contributed by atoms with Gasteiger partial charge < -0.3 is 20.1 Å². The van der Waals surface area contributed by atoms with E-state index in [9.17, 15) is 0 Å². The van der Waals surface area contributed by atoms with E-state index in [0.717, 1.165) is 39.2 Å². The number of rotatable bonds is 6. The highest BCUT2D eigenvalue weighted by molar-refractivity contribution is 6.00. The Morgan fingerprint density at radius 2 is 2.09 bits per heavy atom. The van der Waals surface area contributed by atoms with Gasteiger partial charge in [-0.15, -0.1) is 5.10 Å². The summed E-state index contributed by atoms with van der Waals surface area (Å²) in [5, 5.41) is 12.6. The fourth-order valence-electron chi connectivity index (χ4n) is 4.42. The molecular weight excluding hydrogens is 432 g/mol. The Balaban J connectivity index is 1.29. The molecule has 2 atom stereocenters. The molecule has 172 valence electrons. The maximum Gasteiger partial charge on any atom is 0.213 e. The van der Waals surface area contributed by atoms with Crippen molar-refractivity contribution >= 4 is 22.4 Å². The molecule has 0 spiro atoms. The van der Waals surface area contributed by atoms with E-state index in [1.165, 1.54) is 0 Å². The summed E-state index contributed by atoms with van der Waals surface area (Å²) < 4.78 is 13.6. The highest BCUT2D eigenvalue weighted by Crippen LogP contribution is 2.33. The van der Waals surface area contributed by atoms with Gasteiger partial charge in [0.25, 0.3) is 0 Å². The monoisotopic (exact) mass is 456 g/mol. The Morgan fingerprint density at radius 1 is 1.15 bits per heavy atom. The van der Waals surface area contributed by atoms with Crippen LogP contribution in [0.15, 0.2) is 61.2 Å². The lowest BCUT2D eigenvalue weighted by Gasteiger charge is -2.18. The Kier molecular flexibility index (Phi) is 4.99. The topological polar surface area (TPSA) is 119 Å². The zero-order valence-corrected chi connectivity index (χ0v) is 18.6. The van der Waals surface area contributed by atoms with Crippen molar-refractivity contribution in [1.29, 1.82) is 0 Å². The molecule has 1 aliphatic heterocycles. The fraction of sp³-hybridized carbons (Fsp3) is 0.250. The average Bonchev–Trinajstić information content (AvgIpc) is 3.55. The average molecular weight is 457 g/mol. The van der Waals surface area contributed by atoms with Crippen molar-refractivity contribution in [3.63, 3.8) is 0 Å². The zero-order valence-electron chi connectivity index (χ0n) is 18.6. The zero-order chi connectivity index (χ0) is 23.1. The van der Waals surface area contributed by atoms with Gasteiger partial charge in [0.2, 0.25) is 5.88 Å². The minimum absolute atomic E-state index is 0.132. The van der Waals surface area contributed by atoms with Gasteiger partial charge in [-0.25, -0.2) is 14.5 Å². The Bertz CT molecular complexity index is 1430. The van der Waals surface area contributed by atoms with Crippen LogP contribution < -0.4 is 20.1 Å². The summed E-state index contributed by atoms with van der Waals surface area (Å²) in [6.45, 7) is 3.83. The Hall–Kier alpha value is -4.18. The van der Waals surface area contributed by atoms with Gasteiger partial charge in [0.15, 0.2) is 5.65 Å². The molecule has 1 aliphatic rings. The van der Waals surface area contributed by atoms with E-state index in [1.807, 2.05) is 54.2 Å². The first kappa shape index (κ1) is 20.4. The van der Waals surface area contributed by atoms with E-state index in [-0.39, 0.29) is 12.1 Å². The van der Waals surface area contributed by atoms with Crippen molar-refractivity contribution in [2.45, 2.75) is 19.1 Å². The number of nitrogens with zero attached hydrogens (tertiary/aromatic N) is 6. The summed E-state index contributed by atoms with van der Waals surface area (Å²) in [4.78, 5) is 11.1. The van der Waals surface area contributed by atoms with E-state index >= 15 is 0 Å². The number of hydrogen-bond acceptors (Lipinski definition) is 8. The molecule has 10 nitrogen and oxygen atoms in total. The molecule has 0 unspecified atom stereocenters. The number of aromatic amines is 1. The van der Waals surface area contributed by atoms with Crippen LogP contribution in [-0.4, -0.2) is 61.6 Å². The van der Waals surface area contributed by atoms with Crippen LogP contribution in [0.1, 0.15) is 6.92 Å². The molecule has 34 heavy (non-hydrogen) atoms. The summed E-state index contributed by atoms with van der Waals surface area (Å²) in [5.41, 5.74) is 9.97. The number of H-pyrrole nitrogens is 1. The first-order valence-electron chi connectivity index (χ1n) is 11.2. The molecule has 0 amide bonds. The molecular formula is C24H24N8O2. The SMILES string of the molecule is CCOc1cc(-c2ccc(N3C[C@H](Oc4ccccn4)[C@@H](N)C3)nc2)c2c3cn[nH]c3nn2c1. The van der Waals surface area contributed by atoms with Gasteiger partial charge in [0, 0.05) is 36.1 Å². The molecule has 0 bridgehead atoms. The summed E-state index contributed by atoms with van der Waals surface area (Å²) in [7, 11) is 0. The lowest BCUT2D eigenvalue weighted by atomic mass is 10.1. The Morgan fingerprint density at radius 3 is 2.88 bits per heavy atom. The lowest BCUT2D eigenvalue weighted by Crippen LogP contribution is -2.37. The number of pyridine rings is 3. The van der Waals surface area contributed by atoms with E-state index < -0.39 is 0 Å². The first-order valence-corrected chi connectivity index (χ1v) is 11.2. The molecule has 5 aromatic heterocycles. The summed E-state index contributed by atoms with van der Waals surface area (Å²) in [6, 6.07) is 11.6. The lowest BCUT2D eigenvalue weighted by molar-refractivity contribution is 0.198. The van der Waals surface area contributed by atoms with Crippen LogP contribution >= 0.6 is 0 Å². The highest BCUT2D eigenvalue weighted by atomic mass is 16.5. The van der Waals surface area contributed by atoms with E-state index in [1.54, 1.807) is 12.4 Å². The Labute approximate surface area is 195 Å². The van der Waals surface area contributed by atoms with Gasteiger partial charge in [-0.1, -0.05) is 6.07 Å². The predicted molar refractivity (Wildman–Crippen MR) is 128 cm³/mol. The van der Waals surface area contributed by atoms with Crippen LogP contribution in [0.5, 0.6) is 11.6 Å². The molecule has 3 N–H and O–H groups in total. The van der Waals surface area contributed by atoms with E-state index in [2.05, 4.69) is 31.2 Å². The second-order valence-electron chi connectivity index (χ2n) is 8.25. The number of ether oxygens (including phenoxy) is 2. The quantitative estimate of drug-likeness (QED) is 0.400. The van der Waals surface area contributed by atoms with Gasteiger partial charge in [-0.2, -0.15) is 5.10 Å². The highest BCUT2D eigenvalue weighted by Gasteiger charge is 2.33. The smallest absolute Gasteiger partial charge is 0.213 e. The molecule has 6 heterocycles. The van der Waals surface area contributed by atoms with Crippen molar-refractivity contribution in [2.75, 3.05) is 24.6 Å². The minimum atomic E-state index is -0.153. The van der Waals surface area contributed by atoms with E-state index in [4.69, 9.17) is 20.2 Å². The van der Waals surface area contributed by atoms with Crippen molar-refractivity contribution in [1.82, 2.24) is 29.8 Å². The number of hydrogen-bond donors (Lipinski definition) is 2. The summed E-state index contributed by atoms with van der Waals surface area (Å²) in [6.07, 6.45) is 7.10. The third-order valence-corrected chi connectivity index (χ3v) is 6.02. The number of aromatic nitrogens is 6. The molecule has 0 saturated carbocycles. The van der Waals surface area contributed by atoms with Gasteiger partial charge >= 0.3 is 0 Å². The normalized spacial score (nSPS) is 18.1. The number of fused-ring (bicyclic) bond motifs is 3. The summed E-state index contributed by atoms with van der Waals surface area (Å²) >= 11 is 0. The molecule has 1 saturated heterocycles. The maximum absolute atomic E-state index is 6.36. The van der Waals surface area contributed by atoms with Gasteiger partial charge in [-0.3, -0.25) is 5.10 Å². The minimum Gasteiger partial charge on any atom is -0.492 e. The molecule has 0 radical (unpaired) electrons. The van der Waals surface area contributed by atoms with Gasteiger partial charge in [0.05, 0.1) is 42.5 Å². The third-order valence-electron chi connectivity index (χ3n) is 6.02. The van der Waals surface area contributed by atoms with E-state index in [0.29, 0.717) is 25.6 Å². The first-order chi connectivity index (χ1) is 16.7. The predicted octanol–water partition coefficient (Wildman–Crippen LogP) is 2.66. The second-order valence-corrected chi connectivity index (χ2v) is 8.25. The van der Waals surface area contributed by atoms with Crippen molar-refractivity contribution < 1.29 is 9.47 Å². The maximum atomic E-state index is 6.36. The van der Waals surface area contributed by atoms with Crippen LogP contribution in [0.3, 0.4) is 0 Å². The number of nitrogens with one attached hydrogen (secondary N) is 1. The van der Waals surface area contributed by atoms with Gasteiger partial charge in [0.1, 0.15) is 17.7 Å². The fourth-order valence-corrected chi connectivity index (χ4v) is 4.42. The molecule has 0 aliphatic carbocycles. The standard InChI is InChI=1S/C24H24N8O2/c1-2-33-16-9-17(23-18-11-28-29-24(18)30-32(23)12-16)15-6-7-21(27-10-15)31-13-19(25)20(14-31)34-22-5-3-4-8-26-22/h3-12,19-20H,2,13-14,25H2,1H3,(H,29,30)/t19-,20-/m0/s1. The van der Waals surface area contributed by atoms with Crippen LogP contribution in [0.4, 0.5) is 5.82 Å². The molecule has 0 aromatic carbocycles. The van der Waals surface area contributed by atoms with Crippen molar-refractivity contribution in [3.8, 4) is 22.8 Å². The van der Waals surface area contributed by atoms with Crippen LogP contribution in [-0.2, 0) is 0 Å². The summed E-state index contributed by atoms with van der Waals surface area (Å²) in [5.74, 6) is 2.18. The molecule has 1 fully saturated rings. The molecule has 10 heteroatoms. The molecule has 5 aromatic rings. The van der Waals surface area contributed by atoms with Crippen LogP contribution in [0.2, 0.25) is 0 Å². The largest absolute Gasteiger partial charge is 0.492 e. The number of nitrogens with two attached hydrogens (primary N) is 1. The van der Waals surface area contributed by atoms with Crippen LogP contribution in [0, 0.1) is 0 Å². The third kappa shape index (κ3) is 3.57. The number of anilines is 1. The van der Waals surface area contributed by atoms with Crippen molar-refractivity contribution in [2.24, 2.45) is 5.73 Å².